The summed E-state index contributed by atoms with van der Waals surface area (Å²) in [6.45, 7) is 3.05. The van der Waals surface area contributed by atoms with Gasteiger partial charge in [0.25, 0.3) is 5.91 Å². The maximum Gasteiger partial charge on any atom is 0.259 e. The first-order valence-electron chi connectivity index (χ1n) is 9.99. The number of ether oxygens (including phenoxy) is 3. The molecule has 31 heavy (non-hydrogen) atoms. The standard InChI is InChI=1S/C23H24N4O4/c1-29-20-5-3-4-18(22(20)30-2)23(28)24-17-8-6-16(7-9-17)19-10-11-21(26-25-19)27-12-14-31-15-13-27/h3-11H,12-15H2,1-2H3,(H,24,28). The monoisotopic (exact) mass is 420 g/mol. The molecule has 1 N–H and O–H groups in total. The molecule has 1 saturated heterocycles. The molecule has 0 spiro atoms. The minimum absolute atomic E-state index is 0.279. The van der Waals surface area contributed by atoms with E-state index in [4.69, 9.17) is 14.2 Å². The van der Waals surface area contributed by atoms with Crippen molar-refractivity contribution in [2.24, 2.45) is 0 Å². The van der Waals surface area contributed by atoms with Crippen molar-refractivity contribution in [3.63, 3.8) is 0 Å². The van der Waals surface area contributed by atoms with Crippen molar-refractivity contribution in [2.45, 2.75) is 0 Å². The summed E-state index contributed by atoms with van der Waals surface area (Å²) in [5, 5.41) is 11.6. The number of hydrogen-bond donors (Lipinski definition) is 1. The van der Waals surface area contributed by atoms with Crippen LogP contribution in [0, 0.1) is 0 Å². The van der Waals surface area contributed by atoms with E-state index in [0.717, 1.165) is 30.2 Å². The molecule has 3 aromatic rings. The number of nitrogens with one attached hydrogen (secondary N) is 1. The highest BCUT2D eigenvalue weighted by molar-refractivity contribution is 6.06. The van der Waals surface area contributed by atoms with E-state index in [1.807, 2.05) is 36.4 Å². The number of amides is 1. The normalized spacial score (nSPS) is 13.5. The summed E-state index contributed by atoms with van der Waals surface area (Å²) >= 11 is 0. The van der Waals surface area contributed by atoms with Gasteiger partial charge in [-0.2, -0.15) is 0 Å². The molecule has 0 unspecified atom stereocenters. The van der Waals surface area contributed by atoms with Gasteiger partial charge in [-0.3, -0.25) is 4.79 Å². The molecule has 0 aliphatic carbocycles. The number of carbonyl (C=O) groups excluding carboxylic acids is 1. The second-order valence-corrected chi connectivity index (χ2v) is 6.95. The average Bonchev–Trinajstić information content (AvgIpc) is 2.84. The second-order valence-electron chi connectivity index (χ2n) is 6.95. The minimum Gasteiger partial charge on any atom is -0.493 e. The predicted molar refractivity (Wildman–Crippen MR) is 118 cm³/mol. The summed E-state index contributed by atoms with van der Waals surface area (Å²) in [6.07, 6.45) is 0. The number of anilines is 2. The number of rotatable bonds is 6. The van der Waals surface area contributed by atoms with Crippen molar-refractivity contribution in [3.05, 3.63) is 60.2 Å². The fraction of sp³-hybridized carbons (Fsp3) is 0.261. The average molecular weight is 420 g/mol. The Morgan fingerprint density at radius 1 is 0.968 bits per heavy atom. The van der Waals surface area contributed by atoms with E-state index < -0.39 is 0 Å². The molecule has 1 aromatic heterocycles. The van der Waals surface area contributed by atoms with Crippen molar-refractivity contribution in [1.29, 1.82) is 0 Å². The van der Waals surface area contributed by atoms with Crippen molar-refractivity contribution in [2.75, 3.05) is 50.7 Å². The van der Waals surface area contributed by atoms with Crippen molar-refractivity contribution in [1.82, 2.24) is 10.2 Å². The molecular formula is C23H24N4O4. The van der Waals surface area contributed by atoms with Gasteiger partial charge in [0.1, 0.15) is 0 Å². The van der Waals surface area contributed by atoms with E-state index >= 15 is 0 Å². The van der Waals surface area contributed by atoms with Crippen LogP contribution < -0.4 is 19.7 Å². The first-order valence-corrected chi connectivity index (χ1v) is 9.99. The fourth-order valence-electron chi connectivity index (χ4n) is 3.43. The molecule has 1 aliphatic heterocycles. The van der Waals surface area contributed by atoms with Gasteiger partial charge in [0.2, 0.25) is 0 Å². The van der Waals surface area contributed by atoms with Crippen LogP contribution >= 0.6 is 0 Å². The number of morpholine rings is 1. The summed E-state index contributed by atoms with van der Waals surface area (Å²) < 4.78 is 16.0. The first-order chi connectivity index (χ1) is 15.2. The SMILES string of the molecule is COc1cccc(C(=O)Nc2ccc(-c3ccc(N4CCOCC4)nn3)cc2)c1OC. The number of aromatic nitrogens is 2. The molecule has 8 nitrogen and oxygen atoms in total. The van der Waals surface area contributed by atoms with E-state index in [9.17, 15) is 4.79 Å². The zero-order valence-corrected chi connectivity index (χ0v) is 17.5. The molecule has 4 rings (SSSR count). The largest absolute Gasteiger partial charge is 0.493 e. The molecule has 1 amide bonds. The van der Waals surface area contributed by atoms with E-state index in [-0.39, 0.29) is 5.91 Å². The third-order valence-electron chi connectivity index (χ3n) is 5.07. The van der Waals surface area contributed by atoms with Gasteiger partial charge in [0.05, 0.1) is 38.7 Å². The van der Waals surface area contributed by atoms with Gasteiger partial charge in [-0.15, -0.1) is 10.2 Å². The third kappa shape index (κ3) is 4.59. The third-order valence-corrected chi connectivity index (χ3v) is 5.07. The lowest BCUT2D eigenvalue weighted by Crippen LogP contribution is -2.36. The van der Waals surface area contributed by atoms with Gasteiger partial charge in [0.15, 0.2) is 17.3 Å². The highest BCUT2D eigenvalue weighted by atomic mass is 16.5. The molecule has 8 heteroatoms. The van der Waals surface area contributed by atoms with Crippen LogP contribution in [0.5, 0.6) is 11.5 Å². The van der Waals surface area contributed by atoms with E-state index in [1.165, 1.54) is 14.2 Å². The van der Waals surface area contributed by atoms with Crippen LogP contribution in [0.2, 0.25) is 0 Å². The summed E-state index contributed by atoms with van der Waals surface area (Å²) in [6, 6.07) is 16.6. The molecule has 160 valence electrons. The topological polar surface area (TPSA) is 85.8 Å². The molecule has 2 heterocycles. The van der Waals surface area contributed by atoms with Crippen molar-refractivity contribution in [3.8, 4) is 22.8 Å². The van der Waals surface area contributed by atoms with Gasteiger partial charge >= 0.3 is 0 Å². The molecule has 0 radical (unpaired) electrons. The number of para-hydroxylation sites is 1. The number of carbonyl (C=O) groups is 1. The minimum atomic E-state index is -0.279. The van der Waals surface area contributed by atoms with Crippen LogP contribution in [0.4, 0.5) is 11.5 Å². The van der Waals surface area contributed by atoms with Crippen LogP contribution in [0.25, 0.3) is 11.3 Å². The Morgan fingerprint density at radius 3 is 2.39 bits per heavy atom. The van der Waals surface area contributed by atoms with E-state index in [2.05, 4.69) is 20.4 Å². The number of nitrogens with zero attached hydrogens (tertiary/aromatic N) is 3. The van der Waals surface area contributed by atoms with Crippen LogP contribution in [-0.4, -0.2) is 56.6 Å². The van der Waals surface area contributed by atoms with Crippen LogP contribution in [-0.2, 0) is 4.74 Å². The van der Waals surface area contributed by atoms with E-state index in [1.54, 1.807) is 18.2 Å². The predicted octanol–water partition coefficient (Wildman–Crippen LogP) is 3.25. The molecule has 0 bridgehead atoms. The Morgan fingerprint density at radius 2 is 1.74 bits per heavy atom. The molecule has 0 saturated carbocycles. The number of benzene rings is 2. The van der Waals surface area contributed by atoms with Gasteiger partial charge in [0, 0.05) is 24.3 Å². The Balaban J connectivity index is 1.45. The van der Waals surface area contributed by atoms with Crippen LogP contribution in [0.3, 0.4) is 0 Å². The van der Waals surface area contributed by atoms with Crippen molar-refractivity contribution < 1.29 is 19.0 Å². The Hall–Kier alpha value is -3.65. The highest BCUT2D eigenvalue weighted by Gasteiger charge is 2.17. The maximum atomic E-state index is 12.7. The Labute approximate surface area is 180 Å². The lowest BCUT2D eigenvalue weighted by Gasteiger charge is -2.27. The molecule has 2 aromatic carbocycles. The molecule has 1 aliphatic rings. The quantitative estimate of drug-likeness (QED) is 0.655. The van der Waals surface area contributed by atoms with Crippen molar-refractivity contribution >= 4 is 17.4 Å². The zero-order valence-electron chi connectivity index (χ0n) is 17.5. The van der Waals surface area contributed by atoms with Gasteiger partial charge in [-0.1, -0.05) is 18.2 Å². The first kappa shape index (κ1) is 20.6. The summed E-state index contributed by atoms with van der Waals surface area (Å²) in [5.41, 5.74) is 2.74. The number of hydrogen-bond acceptors (Lipinski definition) is 7. The molecule has 0 atom stereocenters. The van der Waals surface area contributed by atoms with Crippen LogP contribution in [0.15, 0.2) is 54.6 Å². The van der Waals surface area contributed by atoms with Gasteiger partial charge < -0.3 is 24.4 Å². The zero-order chi connectivity index (χ0) is 21.6. The van der Waals surface area contributed by atoms with E-state index in [0.29, 0.717) is 36.0 Å². The van der Waals surface area contributed by atoms with Gasteiger partial charge in [-0.25, -0.2) is 0 Å². The summed E-state index contributed by atoms with van der Waals surface area (Å²) in [5.74, 6) is 1.47. The summed E-state index contributed by atoms with van der Waals surface area (Å²) in [7, 11) is 3.05. The fourth-order valence-corrected chi connectivity index (χ4v) is 3.43. The lowest BCUT2D eigenvalue weighted by molar-refractivity contribution is 0.102. The molecule has 1 fully saturated rings. The number of methoxy groups -OCH3 is 2. The Bertz CT molecular complexity index is 1030. The van der Waals surface area contributed by atoms with Gasteiger partial charge in [-0.05, 0) is 36.4 Å². The lowest BCUT2D eigenvalue weighted by atomic mass is 10.1. The van der Waals surface area contributed by atoms with Crippen LogP contribution in [0.1, 0.15) is 10.4 Å². The maximum absolute atomic E-state index is 12.7. The molecular weight excluding hydrogens is 396 g/mol. The Kier molecular flexibility index (Phi) is 6.28. The summed E-state index contributed by atoms with van der Waals surface area (Å²) in [4.78, 5) is 14.9. The smallest absolute Gasteiger partial charge is 0.259 e. The highest BCUT2D eigenvalue weighted by Crippen LogP contribution is 2.31. The second kappa shape index (κ2) is 9.44.